The zero-order valence-corrected chi connectivity index (χ0v) is 9.78. The molecule has 5 nitrogen and oxygen atoms in total. The van der Waals surface area contributed by atoms with Crippen LogP contribution < -0.4 is 16.4 Å². The smallest absolute Gasteiger partial charge is 0.320 e. The van der Waals surface area contributed by atoms with Crippen molar-refractivity contribution in [1.29, 1.82) is 0 Å². The van der Waals surface area contributed by atoms with E-state index in [-0.39, 0.29) is 6.03 Å². The van der Waals surface area contributed by atoms with Crippen molar-refractivity contribution in [1.82, 2.24) is 10.3 Å². The molecule has 1 heterocycles. The summed E-state index contributed by atoms with van der Waals surface area (Å²) >= 11 is 0. The average Bonchev–Trinajstić information content (AvgIpc) is 2.82. The van der Waals surface area contributed by atoms with Gasteiger partial charge in [0.25, 0.3) is 0 Å². The second kappa shape index (κ2) is 5.63. The van der Waals surface area contributed by atoms with Gasteiger partial charge in [0.05, 0.1) is 0 Å². The minimum Gasteiger partial charge on any atom is -0.335 e. The first kappa shape index (κ1) is 11.9. The van der Waals surface area contributed by atoms with Gasteiger partial charge in [-0.25, -0.2) is 9.78 Å². The maximum Gasteiger partial charge on any atom is 0.320 e. The molecule has 4 N–H and O–H groups in total. The fraction of sp³-hybridized carbons (Fsp3) is 0.500. The minimum atomic E-state index is -0.176. The number of hydrogen-bond acceptors (Lipinski definition) is 3. The number of anilines is 1. The number of nitrogens with one attached hydrogen (secondary N) is 2. The summed E-state index contributed by atoms with van der Waals surface area (Å²) in [6.07, 6.45) is 6.23. The van der Waals surface area contributed by atoms with E-state index >= 15 is 0 Å². The SMILES string of the molecule is NCc1ccc(NC(=O)NC2CCCC2)nc1. The molecule has 0 aromatic carbocycles. The van der Waals surface area contributed by atoms with Gasteiger partial charge in [0, 0.05) is 18.8 Å². The fourth-order valence-electron chi connectivity index (χ4n) is 2.03. The Hall–Kier alpha value is -1.62. The van der Waals surface area contributed by atoms with E-state index in [0.29, 0.717) is 18.4 Å². The number of carbonyl (C=O) groups excluding carboxylic acids is 1. The lowest BCUT2D eigenvalue weighted by molar-refractivity contribution is 0.248. The molecular weight excluding hydrogens is 216 g/mol. The summed E-state index contributed by atoms with van der Waals surface area (Å²) in [6, 6.07) is 3.76. The fourth-order valence-corrected chi connectivity index (χ4v) is 2.03. The second-order valence-electron chi connectivity index (χ2n) is 4.34. The number of amides is 2. The zero-order valence-electron chi connectivity index (χ0n) is 9.78. The van der Waals surface area contributed by atoms with Crippen molar-refractivity contribution in [2.75, 3.05) is 5.32 Å². The Morgan fingerprint density at radius 2 is 2.18 bits per heavy atom. The maximum absolute atomic E-state index is 11.6. The van der Waals surface area contributed by atoms with Crippen molar-refractivity contribution in [2.24, 2.45) is 5.73 Å². The topological polar surface area (TPSA) is 80.0 Å². The normalized spacial score (nSPS) is 15.8. The van der Waals surface area contributed by atoms with Crippen molar-refractivity contribution in [3.8, 4) is 0 Å². The first-order chi connectivity index (χ1) is 8.28. The number of urea groups is 1. The number of pyridine rings is 1. The van der Waals surface area contributed by atoms with Crippen LogP contribution in [0.3, 0.4) is 0 Å². The van der Waals surface area contributed by atoms with Crippen LogP contribution in [-0.2, 0) is 6.54 Å². The van der Waals surface area contributed by atoms with Gasteiger partial charge in [0.15, 0.2) is 0 Å². The van der Waals surface area contributed by atoms with Gasteiger partial charge >= 0.3 is 6.03 Å². The van der Waals surface area contributed by atoms with Crippen LogP contribution in [0.5, 0.6) is 0 Å². The van der Waals surface area contributed by atoms with Gasteiger partial charge in [0.2, 0.25) is 0 Å². The van der Waals surface area contributed by atoms with E-state index in [9.17, 15) is 4.79 Å². The molecule has 0 spiro atoms. The number of nitrogens with two attached hydrogens (primary N) is 1. The highest BCUT2D eigenvalue weighted by molar-refractivity contribution is 5.88. The Bertz CT molecular complexity index is 371. The number of rotatable bonds is 3. The first-order valence-corrected chi connectivity index (χ1v) is 6.00. The highest BCUT2D eigenvalue weighted by Gasteiger charge is 2.16. The van der Waals surface area contributed by atoms with Crippen LogP contribution >= 0.6 is 0 Å². The molecule has 1 aliphatic rings. The van der Waals surface area contributed by atoms with E-state index < -0.39 is 0 Å². The Kier molecular flexibility index (Phi) is 3.93. The molecule has 1 saturated carbocycles. The molecule has 0 unspecified atom stereocenters. The number of nitrogens with zero attached hydrogens (tertiary/aromatic N) is 1. The molecule has 5 heteroatoms. The Balaban J connectivity index is 1.84. The van der Waals surface area contributed by atoms with Gasteiger partial charge < -0.3 is 11.1 Å². The van der Waals surface area contributed by atoms with E-state index in [1.54, 1.807) is 12.3 Å². The van der Waals surface area contributed by atoms with Crippen molar-refractivity contribution in [3.63, 3.8) is 0 Å². The minimum absolute atomic E-state index is 0.176. The summed E-state index contributed by atoms with van der Waals surface area (Å²) in [5, 5.41) is 5.66. The summed E-state index contributed by atoms with van der Waals surface area (Å²) in [5.74, 6) is 0.553. The third-order valence-electron chi connectivity index (χ3n) is 2.99. The van der Waals surface area contributed by atoms with Gasteiger partial charge in [-0.1, -0.05) is 18.9 Å². The van der Waals surface area contributed by atoms with E-state index in [0.717, 1.165) is 18.4 Å². The van der Waals surface area contributed by atoms with Gasteiger partial charge in [-0.05, 0) is 24.5 Å². The van der Waals surface area contributed by atoms with Gasteiger partial charge in [-0.15, -0.1) is 0 Å². The molecule has 0 radical (unpaired) electrons. The Morgan fingerprint density at radius 3 is 2.76 bits per heavy atom. The summed E-state index contributed by atoms with van der Waals surface area (Å²) in [7, 11) is 0. The largest absolute Gasteiger partial charge is 0.335 e. The predicted molar refractivity (Wildman–Crippen MR) is 66.5 cm³/mol. The van der Waals surface area contributed by atoms with Gasteiger partial charge in [-0.2, -0.15) is 0 Å². The zero-order chi connectivity index (χ0) is 12.1. The van der Waals surface area contributed by atoms with Crippen molar-refractivity contribution in [2.45, 2.75) is 38.3 Å². The van der Waals surface area contributed by atoms with Crippen LogP contribution in [0, 0.1) is 0 Å². The van der Waals surface area contributed by atoms with Crippen LogP contribution in [0.1, 0.15) is 31.2 Å². The van der Waals surface area contributed by atoms with Crippen LogP contribution in [0.2, 0.25) is 0 Å². The highest BCUT2D eigenvalue weighted by Crippen LogP contribution is 2.17. The predicted octanol–water partition coefficient (Wildman–Crippen LogP) is 1.60. The molecule has 1 aliphatic carbocycles. The standard InChI is InChI=1S/C12H18N4O/c13-7-9-5-6-11(14-8-9)16-12(17)15-10-3-1-2-4-10/h5-6,8,10H,1-4,7,13H2,(H2,14,15,16,17). The lowest BCUT2D eigenvalue weighted by Crippen LogP contribution is -2.36. The number of carbonyl (C=O) groups is 1. The third kappa shape index (κ3) is 3.42. The van der Waals surface area contributed by atoms with Crippen LogP contribution in [0.4, 0.5) is 10.6 Å². The Morgan fingerprint density at radius 1 is 1.41 bits per heavy atom. The van der Waals surface area contributed by atoms with E-state index in [1.165, 1.54) is 12.8 Å². The summed E-state index contributed by atoms with van der Waals surface area (Å²) in [5.41, 5.74) is 6.42. The van der Waals surface area contributed by atoms with Crippen LogP contribution in [0.25, 0.3) is 0 Å². The molecule has 1 aromatic rings. The van der Waals surface area contributed by atoms with E-state index in [4.69, 9.17) is 5.73 Å². The number of hydrogen-bond donors (Lipinski definition) is 3. The van der Waals surface area contributed by atoms with Gasteiger partial charge in [-0.3, -0.25) is 5.32 Å². The summed E-state index contributed by atoms with van der Waals surface area (Å²) < 4.78 is 0. The first-order valence-electron chi connectivity index (χ1n) is 6.00. The highest BCUT2D eigenvalue weighted by atomic mass is 16.2. The van der Waals surface area contributed by atoms with E-state index in [1.807, 2.05) is 6.07 Å². The summed E-state index contributed by atoms with van der Waals surface area (Å²) in [4.78, 5) is 15.7. The van der Waals surface area contributed by atoms with Crippen molar-refractivity contribution in [3.05, 3.63) is 23.9 Å². The second-order valence-corrected chi connectivity index (χ2v) is 4.34. The monoisotopic (exact) mass is 234 g/mol. The molecular formula is C12H18N4O. The van der Waals surface area contributed by atoms with Crippen molar-refractivity contribution < 1.29 is 4.79 Å². The van der Waals surface area contributed by atoms with Crippen LogP contribution in [0.15, 0.2) is 18.3 Å². The lowest BCUT2D eigenvalue weighted by Gasteiger charge is -2.12. The van der Waals surface area contributed by atoms with Crippen molar-refractivity contribution >= 4 is 11.8 Å². The third-order valence-corrected chi connectivity index (χ3v) is 2.99. The van der Waals surface area contributed by atoms with Gasteiger partial charge in [0.1, 0.15) is 5.82 Å². The molecule has 0 aliphatic heterocycles. The molecule has 0 saturated heterocycles. The lowest BCUT2D eigenvalue weighted by atomic mass is 10.2. The van der Waals surface area contributed by atoms with E-state index in [2.05, 4.69) is 15.6 Å². The molecule has 2 amide bonds. The average molecular weight is 234 g/mol. The number of aromatic nitrogens is 1. The molecule has 2 rings (SSSR count). The maximum atomic E-state index is 11.6. The molecule has 0 atom stereocenters. The molecule has 17 heavy (non-hydrogen) atoms. The molecule has 92 valence electrons. The molecule has 1 fully saturated rings. The molecule has 1 aromatic heterocycles. The Labute approximate surface area is 101 Å². The van der Waals surface area contributed by atoms with Crippen LogP contribution in [-0.4, -0.2) is 17.1 Å². The summed E-state index contributed by atoms with van der Waals surface area (Å²) in [6.45, 7) is 0.460. The quantitative estimate of drug-likeness (QED) is 0.743. The molecule has 0 bridgehead atoms.